The number of likely N-dealkylation sites (N-methyl/N-ethyl adjacent to an activating group) is 1. The highest BCUT2D eigenvalue weighted by Gasteiger charge is 2.20. The number of carbonyl (C=O) groups is 2. The topological polar surface area (TPSA) is 70.5 Å². The number of nitrogens with zero attached hydrogens (tertiary/aromatic N) is 2. The first-order chi connectivity index (χ1) is 7.95. The Morgan fingerprint density at radius 3 is 2.76 bits per heavy atom. The Morgan fingerprint density at radius 2 is 2.24 bits per heavy atom. The van der Waals surface area contributed by atoms with E-state index in [-0.39, 0.29) is 17.3 Å². The summed E-state index contributed by atoms with van der Waals surface area (Å²) in [6, 6.07) is 0.933. The molecule has 17 heavy (non-hydrogen) atoms. The van der Waals surface area contributed by atoms with Crippen LogP contribution in [0.4, 0.5) is 4.39 Å². The fourth-order valence-corrected chi connectivity index (χ4v) is 1.42. The largest absolute Gasteiger partial charge is 0.480 e. The van der Waals surface area contributed by atoms with Crippen LogP contribution in [0.15, 0.2) is 12.3 Å². The number of hydrogen-bond donors (Lipinski definition) is 1. The number of hydrogen-bond acceptors (Lipinski definition) is 3. The van der Waals surface area contributed by atoms with E-state index in [4.69, 9.17) is 16.7 Å². The lowest BCUT2D eigenvalue weighted by molar-refractivity contribution is -0.137. The molecule has 1 N–H and O–H groups in total. The van der Waals surface area contributed by atoms with Crippen molar-refractivity contribution in [1.29, 1.82) is 0 Å². The molecule has 1 amide bonds. The van der Waals surface area contributed by atoms with Crippen LogP contribution in [0.3, 0.4) is 0 Å². The summed E-state index contributed by atoms with van der Waals surface area (Å²) < 4.78 is 12.9. The number of pyridine rings is 1. The third-order valence-electron chi connectivity index (χ3n) is 2.03. The average molecular weight is 261 g/mol. The Hall–Kier alpha value is -1.69. The Morgan fingerprint density at radius 1 is 1.59 bits per heavy atom. The third-order valence-corrected chi connectivity index (χ3v) is 2.33. The third kappa shape index (κ3) is 3.39. The van der Waals surface area contributed by atoms with Crippen LogP contribution in [-0.4, -0.2) is 40.0 Å². The molecular formula is C10H10ClFN2O3. The van der Waals surface area contributed by atoms with E-state index in [0.29, 0.717) is 0 Å². The molecule has 0 aromatic carbocycles. The van der Waals surface area contributed by atoms with Gasteiger partial charge in [-0.2, -0.15) is 0 Å². The Kier molecular flexibility index (Phi) is 4.39. The second-order valence-electron chi connectivity index (χ2n) is 3.20. The molecular weight excluding hydrogens is 251 g/mol. The summed E-state index contributed by atoms with van der Waals surface area (Å²) in [5.74, 6) is -2.52. The predicted molar refractivity (Wildman–Crippen MR) is 58.4 cm³/mol. The number of carboxylic acids is 1. The van der Waals surface area contributed by atoms with Crippen molar-refractivity contribution in [3.63, 3.8) is 0 Å². The van der Waals surface area contributed by atoms with Crippen molar-refractivity contribution < 1.29 is 19.1 Å². The first-order valence-corrected chi connectivity index (χ1v) is 5.15. The number of aliphatic carboxylic acids is 1. The average Bonchev–Trinajstić information content (AvgIpc) is 2.28. The van der Waals surface area contributed by atoms with E-state index >= 15 is 0 Å². The summed E-state index contributed by atoms with van der Waals surface area (Å²) in [4.78, 5) is 26.9. The fraction of sp³-hybridized carbons (Fsp3) is 0.300. The maximum Gasteiger partial charge on any atom is 0.323 e. The van der Waals surface area contributed by atoms with Crippen molar-refractivity contribution in [3.8, 4) is 0 Å². The van der Waals surface area contributed by atoms with Gasteiger partial charge in [-0.25, -0.2) is 9.37 Å². The smallest absolute Gasteiger partial charge is 0.323 e. The van der Waals surface area contributed by atoms with Crippen molar-refractivity contribution in [2.24, 2.45) is 0 Å². The lowest BCUT2D eigenvalue weighted by Gasteiger charge is -2.18. The van der Waals surface area contributed by atoms with Gasteiger partial charge in [-0.05, 0) is 13.0 Å². The molecule has 5 nitrogen and oxygen atoms in total. The van der Waals surface area contributed by atoms with Crippen molar-refractivity contribution in [1.82, 2.24) is 9.88 Å². The summed E-state index contributed by atoms with van der Waals surface area (Å²) in [5, 5.41) is 8.47. The highest BCUT2D eigenvalue weighted by Crippen LogP contribution is 2.16. The van der Waals surface area contributed by atoms with Gasteiger partial charge in [0.1, 0.15) is 17.5 Å². The van der Waals surface area contributed by atoms with Gasteiger partial charge in [-0.15, -0.1) is 0 Å². The molecule has 0 fully saturated rings. The van der Waals surface area contributed by atoms with Crippen LogP contribution in [0.2, 0.25) is 5.15 Å². The van der Waals surface area contributed by atoms with Crippen LogP contribution in [-0.2, 0) is 4.79 Å². The van der Waals surface area contributed by atoms with Gasteiger partial charge in [0.15, 0.2) is 0 Å². The highest BCUT2D eigenvalue weighted by molar-refractivity contribution is 6.32. The van der Waals surface area contributed by atoms with Crippen molar-refractivity contribution >= 4 is 23.5 Å². The quantitative estimate of drug-likeness (QED) is 0.831. The van der Waals surface area contributed by atoms with E-state index in [1.807, 2.05) is 0 Å². The molecule has 0 spiro atoms. The number of aromatic nitrogens is 1. The molecule has 0 aliphatic carbocycles. The molecule has 0 saturated heterocycles. The zero-order valence-electron chi connectivity index (χ0n) is 8.98. The molecule has 1 aromatic rings. The Balaban J connectivity index is 3.01. The highest BCUT2D eigenvalue weighted by atomic mass is 35.5. The Labute approximate surface area is 102 Å². The van der Waals surface area contributed by atoms with E-state index in [1.165, 1.54) is 0 Å². The van der Waals surface area contributed by atoms with Gasteiger partial charge < -0.3 is 10.0 Å². The number of rotatable bonds is 4. The number of halogens is 2. The second-order valence-corrected chi connectivity index (χ2v) is 3.56. The minimum atomic E-state index is -1.15. The number of carbonyl (C=O) groups excluding carboxylic acids is 1. The van der Waals surface area contributed by atoms with Gasteiger partial charge >= 0.3 is 5.97 Å². The van der Waals surface area contributed by atoms with Gasteiger partial charge in [0.05, 0.1) is 11.8 Å². The zero-order chi connectivity index (χ0) is 13.0. The molecule has 0 aliphatic heterocycles. The lowest BCUT2D eigenvalue weighted by atomic mass is 10.2. The molecule has 0 aliphatic rings. The summed E-state index contributed by atoms with van der Waals surface area (Å²) in [6.45, 7) is 1.32. The molecule has 0 unspecified atom stereocenters. The normalized spacial score (nSPS) is 10.1. The molecule has 1 aromatic heterocycles. The molecule has 0 radical (unpaired) electrons. The number of amides is 1. The van der Waals surface area contributed by atoms with Crippen molar-refractivity contribution in [2.75, 3.05) is 13.1 Å². The van der Waals surface area contributed by atoms with Crippen LogP contribution < -0.4 is 0 Å². The summed E-state index contributed by atoms with van der Waals surface area (Å²) in [5.41, 5.74) is -0.144. The van der Waals surface area contributed by atoms with E-state index in [2.05, 4.69) is 4.98 Å². The van der Waals surface area contributed by atoms with Gasteiger partial charge in [0, 0.05) is 6.54 Å². The first kappa shape index (κ1) is 13.4. The van der Waals surface area contributed by atoms with Crippen LogP contribution in [0.25, 0.3) is 0 Å². The van der Waals surface area contributed by atoms with Gasteiger partial charge in [-0.3, -0.25) is 9.59 Å². The van der Waals surface area contributed by atoms with Gasteiger partial charge in [-0.1, -0.05) is 11.6 Å². The molecule has 7 heteroatoms. The lowest BCUT2D eigenvalue weighted by Crippen LogP contribution is -2.35. The Bertz CT molecular complexity index is 453. The SMILES string of the molecule is CCN(CC(=O)O)C(=O)c1cc(F)cnc1Cl. The van der Waals surface area contributed by atoms with Gasteiger partial charge in [0.2, 0.25) is 0 Å². The molecule has 1 rings (SSSR count). The molecule has 0 bridgehead atoms. The fourth-order valence-electron chi connectivity index (χ4n) is 1.23. The monoisotopic (exact) mass is 260 g/mol. The molecule has 1 heterocycles. The van der Waals surface area contributed by atoms with Crippen molar-refractivity contribution in [2.45, 2.75) is 6.92 Å². The number of carboxylic acid groups (broad SMARTS) is 1. The van der Waals surface area contributed by atoms with Crippen LogP contribution in [0, 0.1) is 5.82 Å². The molecule has 92 valence electrons. The first-order valence-electron chi connectivity index (χ1n) is 4.77. The minimum absolute atomic E-state index is 0.144. The van der Waals surface area contributed by atoms with E-state index in [0.717, 1.165) is 17.2 Å². The van der Waals surface area contributed by atoms with Crippen molar-refractivity contribution in [3.05, 3.63) is 28.8 Å². The van der Waals surface area contributed by atoms with Crippen LogP contribution in [0.5, 0.6) is 0 Å². The van der Waals surface area contributed by atoms with E-state index in [1.54, 1.807) is 6.92 Å². The standard InChI is InChI=1S/C10H10ClFN2O3/c1-2-14(5-8(15)16)10(17)7-3-6(12)4-13-9(7)11/h3-4H,2,5H2,1H3,(H,15,16). The van der Waals surface area contributed by atoms with Crippen LogP contribution in [0.1, 0.15) is 17.3 Å². The van der Waals surface area contributed by atoms with E-state index < -0.39 is 24.2 Å². The predicted octanol–water partition coefficient (Wildman–Crippen LogP) is 1.42. The maximum absolute atomic E-state index is 12.9. The van der Waals surface area contributed by atoms with E-state index in [9.17, 15) is 14.0 Å². The second kappa shape index (κ2) is 5.58. The summed E-state index contributed by atoms with van der Waals surface area (Å²) >= 11 is 5.66. The molecule has 0 saturated carbocycles. The van der Waals surface area contributed by atoms with Gasteiger partial charge in [0.25, 0.3) is 5.91 Å². The maximum atomic E-state index is 12.9. The zero-order valence-corrected chi connectivity index (χ0v) is 9.74. The van der Waals surface area contributed by atoms with Crippen LogP contribution >= 0.6 is 11.6 Å². The molecule has 0 atom stereocenters. The summed E-state index contributed by atoms with van der Waals surface area (Å²) in [7, 11) is 0. The minimum Gasteiger partial charge on any atom is -0.480 e. The summed E-state index contributed by atoms with van der Waals surface area (Å²) in [6.07, 6.45) is 0.882.